The molecule has 2 rings (SSSR count). The van der Waals surface area contributed by atoms with Crippen LogP contribution in [-0.2, 0) is 11.2 Å². The van der Waals surface area contributed by atoms with Crippen molar-refractivity contribution in [3.8, 4) is 0 Å². The smallest absolute Gasteiger partial charge is 0.251 e. The zero-order chi connectivity index (χ0) is 14.8. The number of hydrogen-bond acceptors (Lipinski definition) is 3. The van der Waals surface area contributed by atoms with Crippen LogP contribution < -0.4 is 5.56 Å². The van der Waals surface area contributed by atoms with Gasteiger partial charge in [0.2, 0.25) is 0 Å². The summed E-state index contributed by atoms with van der Waals surface area (Å²) in [4.78, 5) is 20.2. The molecule has 5 heteroatoms. The van der Waals surface area contributed by atoms with Crippen LogP contribution in [0.3, 0.4) is 0 Å². The first-order chi connectivity index (χ1) is 9.34. The van der Waals surface area contributed by atoms with E-state index in [2.05, 4.69) is 46.7 Å². The van der Waals surface area contributed by atoms with Crippen molar-refractivity contribution in [3.05, 3.63) is 56.7 Å². The number of H-pyrrole nitrogens is 1. The summed E-state index contributed by atoms with van der Waals surface area (Å²) < 4.78 is 1.06. The first kappa shape index (κ1) is 15.3. The van der Waals surface area contributed by atoms with Gasteiger partial charge < -0.3 is 4.98 Å². The molecule has 1 N–H and O–H groups in total. The van der Waals surface area contributed by atoms with Gasteiger partial charge >= 0.3 is 0 Å². The summed E-state index contributed by atoms with van der Waals surface area (Å²) in [6, 6.07) is 9.67. The third-order valence-electron chi connectivity index (χ3n) is 2.75. The maximum Gasteiger partial charge on any atom is 0.251 e. The Morgan fingerprint density at radius 3 is 2.50 bits per heavy atom. The van der Waals surface area contributed by atoms with Crippen LogP contribution >= 0.6 is 27.7 Å². The Morgan fingerprint density at radius 1 is 1.25 bits per heavy atom. The summed E-state index contributed by atoms with van der Waals surface area (Å²) >= 11 is 5.07. The molecule has 0 aliphatic heterocycles. The van der Waals surface area contributed by atoms with Gasteiger partial charge in [0.15, 0.2) is 0 Å². The lowest BCUT2D eigenvalue weighted by Gasteiger charge is -2.17. The highest BCUT2D eigenvalue weighted by Gasteiger charge is 2.17. The lowest BCUT2D eigenvalue weighted by molar-refractivity contribution is 0.562. The van der Waals surface area contributed by atoms with Crippen molar-refractivity contribution in [2.75, 3.05) is 0 Å². The molecule has 0 unspecified atom stereocenters. The third kappa shape index (κ3) is 4.21. The second kappa shape index (κ2) is 6.14. The summed E-state index contributed by atoms with van der Waals surface area (Å²) in [7, 11) is 0. The van der Waals surface area contributed by atoms with Crippen molar-refractivity contribution in [1.29, 1.82) is 0 Å². The predicted octanol–water partition coefficient (Wildman–Crippen LogP) is 4.12. The molecule has 0 amide bonds. The van der Waals surface area contributed by atoms with Gasteiger partial charge in [0.1, 0.15) is 5.82 Å². The van der Waals surface area contributed by atoms with Crippen molar-refractivity contribution in [3.63, 3.8) is 0 Å². The summed E-state index contributed by atoms with van der Waals surface area (Å²) in [5.74, 6) is 1.37. The van der Waals surface area contributed by atoms with Gasteiger partial charge in [-0.05, 0) is 24.3 Å². The van der Waals surface area contributed by atoms with Crippen LogP contribution in [-0.4, -0.2) is 9.97 Å². The fourth-order valence-corrected chi connectivity index (χ4v) is 2.68. The number of thioether (sulfide) groups is 1. The van der Waals surface area contributed by atoms with Crippen LogP contribution in [0.1, 0.15) is 32.3 Å². The molecule has 1 heterocycles. The van der Waals surface area contributed by atoms with Gasteiger partial charge in [-0.1, -0.05) is 36.7 Å². The van der Waals surface area contributed by atoms with Crippen LogP contribution in [0.25, 0.3) is 0 Å². The van der Waals surface area contributed by atoms with E-state index in [4.69, 9.17) is 0 Å². The van der Waals surface area contributed by atoms with E-state index in [0.29, 0.717) is 5.75 Å². The van der Waals surface area contributed by atoms with Crippen molar-refractivity contribution in [1.82, 2.24) is 9.97 Å². The van der Waals surface area contributed by atoms with E-state index >= 15 is 0 Å². The van der Waals surface area contributed by atoms with E-state index in [0.717, 1.165) is 20.9 Å². The molecule has 0 aliphatic rings. The number of nitrogens with one attached hydrogen (secondary N) is 1. The normalized spacial score (nSPS) is 11.6. The zero-order valence-electron chi connectivity index (χ0n) is 11.7. The highest BCUT2D eigenvalue weighted by Crippen LogP contribution is 2.24. The summed E-state index contributed by atoms with van der Waals surface area (Å²) in [6.45, 7) is 6.17. The number of hydrogen-bond donors (Lipinski definition) is 1. The molecule has 0 fully saturated rings. The van der Waals surface area contributed by atoms with Gasteiger partial charge in [0, 0.05) is 20.8 Å². The van der Waals surface area contributed by atoms with E-state index in [9.17, 15) is 4.79 Å². The van der Waals surface area contributed by atoms with Crippen molar-refractivity contribution >= 4 is 27.7 Å². The van der Waals surface area contributed by atoms with Gasteiger partial charge in [0.25, 0.3) is 5.56 Å². The average Bonchev–Trinajstić information content (AvgIpc) is 2.36. The molecular weight excluding hydrogens is 336 g/mol. The fourth-order valence-electron chi connectivity index (χ4n) is 1.64. The molecule has 0 radical (unpaired) electrons. The SMILES string of the molecule is CC(C)(C)c1cc(=O)[nH]c(CSc2ccc(Br)cc2)n1. The number of rotatable bonds is 3. The second-order valence-electron chi connectivity index (χ2n) is 5.57. The van der Waals surface area contributed by atoms with Crippen LogP contribution in [0, 0.1) is 0 Å². The Morgan fingerprint density at radius 2 is 1.90 bits per heavy atom. The molecule has 2 aromatic rings. The molecule has 1 aromatic heterocycles. The topological polar surface area (TPSA) is 45.8 Å². The predicted molar refractivity (Wildman–Crippen MR) is 87.3 cm³/mol. The van der Waals surface area contributed by atoms with Crippen LogP contribution in [0.2, 0.25) is 0 Å². The van der Waals surface area contributed by atoms with E-state index in [1.54, 1.807) is 17.8 Å². The molecule has 106 valence electrons. The first-order valence-corrected chi connectivity index (χ1v) is 8.11. The fraction of sp³-hybridized carbons (Fsp3) is 0.333. The van der Waals surface area contributed by atoms with Gasteiger partial charge in [-0.25, -0.2) is 4.98 Å². The van der Waals surface area contributed by atoms with Crippen molar-refractivity contribution < 1.29 is 0 Å². The Hall–Kier alpha value is -1.07. The Kier molecular flexibility index (Phi) is 4.70. The standard InChI is InChI=1S/C15H17BrN2OS/c1-15(2,3)12-8-14(19)18-13(17-12)9-20-11-6-4-10(16)5-7-11/h4-8H,9H2,1-3H3,(H,17,18,19). The molecule has 3 nitrogen and oxygen atoms in total. The third-order valence-corrected chi connectivity index (χ3v) is 4.30. The lowest BCUT2D eigenvalue weighted by atomic mass is 9.92. The van der Waals surface area contributed by atoms with Crippen LogP contribution in [0.5, 0.6) is 0 Å². The molecule has 0 bridgehead atoms. The summed E-state index contributed by atoms with van der Waals surface area (Å²) in [5.41, 5.74) is 0.620. The second-order valence-corrected chi connectivity index (χ2v) is 7.53. The van der Waals surface area contributed by atoms with E-state index in [1.807, 2.05) is 24.3 Å². The molecule has 20 heavy (non-hydrogen) atoms. The maximum absolute atomic E-state index is 11.7. The molecular formula is C15H17BrN2OS. The average molecular weight is 353 g/mol. The highest BCUT2D eigenvalue weighted by atomic mass is 79.9. The van der Waals surface area contributed by atoms with Crippen LogP contribution in [0.15, 0.2) is 44.5 Å². The number of nitrogens with zero attached hydrogens (tertiary/aromatic N) is 1. The van der Waals surface area contributed by atoms with Crippen molar-refractivity contribution in [2.45, 2.75) is 36.8 Å². The van der Waals surface area contributed by atoms with Gasteiger partial charge in [-0.2, -0.15) is 0 Å². The maximum atomic E-state index is 11.7. The van der Waals surface area contributed by atoms with E-state index in [-0.39, 0.29) is 11.0 Å². The number of benzene rings is 1. The number of halogens is 1. The quantitative estimate of drug-likeness (QED) is 0.845. The molecule has 0 spiro atoms. The molecule has 0 saturated heterocycles. The van der Waals surface area contributed by atoms with Crippen molar-refractivity contribution in [2.24, 2.45) is 0 Å². The summed E-state index contributed by atoms with van der Waals surface area (Å²) in [6.07, 6.45) is 0. The number of aromatic amines is 1. The zero-order valence-corrected chi connectivity index (χ0v) is 14.1. The van der Waals surface area contributed by atoms with E-state index < -0.39 is 0 Å². The van der Waals surface area contributed by atoms with Gasteiger partial charge in [-0.3, -0.25) is 4.79 Å². The Labute approximate surface area is 131 Å². The van der Waals surface area contributed by atoms with E-state index in [1.165, 1.54) is 0 Å². The Bertz CT molecular complexity index is 644. The highest BCUT2D eigenvalue weighted by molar-refractivity contribution is 9.10. The number of aromatic nitrogens is 2. The summed E-state index contributed by atoms with van der Waals surface area (Å²) in [5, 5.41) is 0. The monoisotopic (exact) mass is 352 g/mol. The van der Waals surface area contributed by atoms with Gasteiger partial charge in [-0.15, -0.1) is 11.8 Å². The minimum Gasteiger partial charge on any atom is -0.310 e. The first-order valence-electron chi connectivity index (χ1n) is 6.34. The lowest BCUT2D eigenvalue weighted by Crippen LogP contribution is -2.20. The molecule has 1 aromatic carbocycles. The minimum atomic E-state index is -0.120. The molecule has 0 atom stereocenters. The minimum absolute atomic E-state index is 0.0867. The van der Waals surface area contributed by atoms with Gasteiger partial charge in [0.05, 0.1) is 11.4 Å². The Balaban J connectivity index is 2.15. The molecule has 0 saturated carbocycles. The molecule has 0 aliphatic carbocycles. The van der Waals surface area contributed by atoms with Crippen LogP contribution in [0.4, 0.5) is 0 Å². The largest absolute Gasteiger partial charge is 0.310 e.